The number of carbonyl (C=O) groups excluding carboxylic acids is 1. The number of anilines is 2. The molecule has 150 valence electrons. The van der Waals surface area contributed by atoms with Crippen LogP contribution in [0.15, 0.2) is 41.3 Å². The summed E-state index contributed by atoms with van der Waals surface area (Å²) < 4.78 is 33.4. The molecule has 8 heteroatoms. The van der Waals surface area contributed by atoms with E-state index in [0.29, 0.717) is 30.1 Å². The van der Waals surface area contributed by atoms with Gasteiger partial charge in [0.25, 0.3) is 10.0 Å². The van der Waals surface area contributed by atoms with E-state index >= 15 is 0 Å². The molecule has 0 bridgehead atoms. The predicted octanol–water partition coefficient (Wildman–Crippen LogP) is 4.23. The Morgan fingerprint density at radius 2 is 1.96 bits per heavy atom. The number of nitrogens with one attached hydrogen (secondary N) is 1. The maximum absolute atomic E-state index is 12.8. The van der Waals surface area contributed by atoms with Gasteiger partial charge in [-0.1, -0.05) is 24.9 Å². The number of sulfonamides is 1. The highest BCUT2D eigenvalue weighted by Gasteiger charge is 2.25. The van der Waals surface area contributed by atoms with Crippen LogP contribution in [0.1, 0.15) is 31.7 Å². The highest BCUT2D eigenvalue weighted by atomic mass is 35.5. The van der Waals surface area contributed by atoms with Crippen molar-refractivity contribution in [1.29, 1.82) is 0 Å². The number of hydrogen-bond acceptors (Lipinski definition) is 4. The van der Waals surface area contributed by atoms with Crippen molar-refractivity contribution in [2.45, 2.75) is 37.5 Å². The third-order valence-corrected chi connectivity index (χ3v) is 6.32. The molecule has 1 amide bonds. The molecule has 0 unspecified atom stereocenters. The summed E-state index contributed by atoms with van der Waals surface area (Å²) in [6, 6.07) is 9.70. The number of fused-ring (bicyclic) bond motifs is 1. The molecule has 0 atom stereocenters. The van der Waals surface area contributed by atoms with Crippen LogP contribution >= 0.6 is 11.6 Å². The molecular formula is C20H23ClN2O4S. The van der Waals surface area contributed by atoms with Gasteiger partial charge in [0, 0.05) is 29.4 Å². The fourth-order valence-electron chi connectivity index (χ4n) is 3.26. The summed E-state index contributed by atoms with van der Waals surface area (Å²) in [7, 11) is -2.48. The molecule has 1 N–H and O–H groups in total. The van der Waals surface area contributed by atoms with Crippen molar-refractivity contribution >= 4 is 38.9 Å². The van der Waals surface area contributed by atoms with Crippen LogP contribution in [0.25, 0.3) is 0 Å². The normalized spacial score (nSPS) is 14.0. The van der Waals surface area contributed by atoms with Gasteiger partial charge < -0.3 is 9.64 Å². The van der Waals surface area contributed by atoms with Crippen molar-refractivity contribution in [3.8, 4) is 5.75 Å². The van der Waals surface area contributed by atoms with Crippen molar-refractivity contribution in [2.75, 3.05) is 23.3 Å². The molecule has 2 aromatic carbocycles. The van der Waals surface area contributed by atoms with Crippen molar-refractivity contribution in [3.05, 3.63) is 47.0 Å². The average Bonchev–Trinajstić information content (AvgIpc) is 2.67. The van der Waals surface area contributed by atoms with Crippen LogP contribution in [-0.2, 0) is 21.2 Å². The highest BCUT2D eigenvalue weighted by Crippen LogP contribution is 2.33. The summed E-state index contributed by atoms with van der Waals surface area (Å²) in [5.74, 6) is 0.323. The zero-order valence-electron chi connectivity index (χ0n) is 15.9. The van der Waals surface area contributed by atoms with Gasteiger partial charge in [0.2, 0.25) is 5.91 Å². The Kier molecular flexibility index (Phi) is 6.15. The molecule has 0 spiro atoms. The van der Waals surface area contributed by atoms with Gasteiger partial charge in [0.1, 0.15) is 10.6 Å². The summed E-state index contributed by atoms with van der Waals surface area (Å²) in [5.41, 5.74) is 2.24. The molecule has 3 rings (SSSR count). The summed E-state index contributed by atoms with van der Waals surface area (Å²) >= 11 is 5.96. The van der Waals surface area contributed by atoms with Gasteiger partial charge >= 0.3 is 0 Å². The molecule has 0 saturated heterocycles. The monoisotopic (exact) mass is 422 g/mol. The first-order valence-corrected chi connectivity index (χ1v) is 11.0. The quantitative estimate of drug-likeness (QED) is 0.724. The third kappa shape index (κ3) is 4.25. The van der Waals surface area contributed by atoms with E-state index in [2.05, 4.69) is 11.6 Å². The molecule has 28 heavy (non-hydrogen) atoms. The minimum Gasteiger partial charge on any atom is -0.495 e. The topological polar surface area (TPSA) is 75.7 Å². The number of rotatable bonds is 7. The smallest absolute Gasteiger partial charge is 0.265 e. The van der Waals surface area contributed by atoms with Crippen LogP contribution < -0.4 is 14.4 Å². The van der Waals surface area contributed by atoms with Gasteiger partial charge in [0.05, 0.1) is 7.11 Å². The number of halogens is 1. The minimum atomic E-state index is -3.88. The summed E-state index contributed by atoms with van der Waals surface area (Å²) in [6.45, 7) is 2.75. The SMILES string of the molecule is CCCCN1C(=O)CCc2cc(NS(=O)(=O)c3cc(Cl)ccc3OC)ccc21. The Morgan fingerprint density at radius 1 is 1.18 bits per heavy atom. The number of nitrogens with zero attached hydrogens (tertiary/aromatic N) is 1. The number of aryl methyl sites for hydroxylation is 1. The van der Waals surface area contributed by atoms with E-state index in [1.165, 1.54) is 19.2 Å². The lowest BCUT2D eigenvalue weighted by Crippen LogP contribution is -2.35. The van der Waals surface area contributed by atoms with E-state index in [1.54, 1.807) is 29.2 Å². The van der Waals surface area contributed by atoms with Crippen LogP contribution in [-0.4, -0.2) is 28.0 Å². The second-order valence-electron chi connectivity index (χ2n) is 6.64. The van der Waals surface area contributed by atoms with E-state index < -0.39 is 10.0 Å². The zero-order valence-corrected chi connectivity index (χ0v) is 17.4. The van der Waals surface area contributed by atoms with Crippen LogP contribution in [0.4, 0.5) is 11.4 Å². The van der Waals surface area contributed by atoms with Gasteiger partial charge in [0.15, 0.2) is 0 Å². The number of unbranched alkanes of at least 4 members (excludes halogenated alkanes) is 1. The Morgan fingerprint density at radius 3 is 2.68 bits per heavy atom. The van der Waals surface area contributed by atoms with Crippen LogP contribution in [0.2, 0.25) is 5.02 Å². The predicted molar refractivity (Wildman–Crippen MR) is 111 cm³/mol. The van der Waals surface area contributed by atoms with Crippen LogP contribution in [0.3, 0.4) is 0 Å². The molecule has 0 fully saturated rings. The second kappa shape index (κ2) is 8.41. The maximum atomic E-state index is 12.8. The van der Waals surface area contributed by atoms with Gasteiger partial charge in [-0.3, -0.25) is 9.52 Å². The van der Waals surface area contributed by atoms with Crippen molar-refractivity contribution < 1.29 is 17.9 Å². The number of methoxy groups -OCH3 is 1. The van der Waals surface area contributed by atoms with Crippen molar-refractivity contribution in [3.63, 3.8) is 0 Å². The summed E-state index contributed by atoms with van der Waals surface area (Å²) in [5, 5.41) is 0.302. The van der Waals surface area contributed by atoms with Gasteiger partial charge in [-0.25, -0.2) is 8.42 Å². The molecule has 1 heterocycles. The largest absolute Gasteiger partial charge is 0.495 e. The Bertz CT molecular complexity index is 992. The summed E-state index contributed by atoms with van der Waals surface area (Å²) in [6.07, 6.45) is 2.94. The number of ether oxygens (including phenoxy) is 1. The Labute approximate surface area is 170 Å². The molecule has 0 aromatic heterocycles. The highest BCUT2D eigenvalue weighted by molar-refractivity contribution is 7.92. The molecular weight excluding hydrogens is 400 g/mol. The van der Waals surface area contributed by atoms with E-state index in [4.69, 9.17) is 16.3 Å². The lowest BCUT2D eigenvalue weighted by atomic mass is 10.00. The number of carbonyl (C=O) groups is 1. The third-order valence-electron chi connectivity index (χ3n) is 4.68. The molecule has 1 aliphatic heterocycles. The Balaban J connectivity index is 1.90. The van der Waals surface area contributed by atoms with E-state index in [9.17, 15) is 13.2 Å². The van der Waals surface area contributed by atoms with Gasteiger partial charge in [-0.15, -0.1) is 0 Å². The second-order valence-corrected chi connectivity index (χ2v) is 8.73. The number of amides is 1. The Hall–Kier alpha value is -2.25. The lowest BCUT2D eigenvalue weighted by molar-refractivity contribution is -0.118. The molecule has 2 aromatic rings. The van der Waals surface area contributed by atoms with Crippen molar-refractivity contribution in [2.24, 2.45) is 0 Å². The average molecular weight is 423 g/mol. The molecule has 0 saturated carbocycles. The fraction of sp³-hybridized carbons (Fsp3) is 0.350. The molecule has 6 nitrogen and oxygen atoms in total. The van der Waals surface area contributed by atoms with E-state index in [-0.39, 0.29) is 16.6 Å². The standard InChI is InChI=1S/C20H23ClN2O4S/c1-3-4-11-23-17-8-7-16(12-14(17)5-10-20(23)24)22-28(25,26)19-13-15(21)6-9-18(19)27-2/h6-9,12-13,22H,3-5,10-11H2,1-2H3. The zero-order chi connectivity index (χ0) is 20.3. The number of hydrogen-bond donors (Lipinski definition) is 1. The maximum Gasteiger partial charge on any atom is 0.265 e. The fourth-order valence-corrected chi connectivity index (χ4v) is 4.74. The van der Waals surface area contributed by atoms with Gasteiger partial charge in [-0.05, 0) is 54.8 Å². The van der Waals surface area contributed by atoms with E-state index in [0.717, 1.165) is 24.1 Å². The van der Waals surface area contributed by atoms with Crippen LogP contribution in [0.5, 0.6) is 5.75 Å². The van der Waals surface area contributed by atoms with Crippen LogP contribution in [0, 0.1) is 0 Å². The number of benzene rings is 2. The molecule has 1 aliphatic rings. The van der Waals surface area contributed by atoms with Crippen molar-refractivity contribution in [1.82, 2.24) is 0 Å². The molecule has 0 radical (unpaired) electrons. The first-order chi connectivity index (χ1) is 13.4. The minimum absolute atomic E-state index is 0.0278. The summed E-state index contributed by atoms with van der Waals surface area (Å²) in [4.78, 5) is 14.0. The van der Waals surface area contributed by atoms with Gasteiger partial charge in [-0.2, -0.15) is 0 Å². The molecule has 0 aliphatic carbocycles. The first kappa shape index (κ1) is 20.5. The van der Waals surface area contributed by atoms with E-state index in [1.807, 2.05) is 0 Å². The first-order valence-electron chi connectivity index (χ1n) is 9.15. The lowest BCUT2D eigenvalue weighted by Gasteiger charge is -2.30.